The molecule has 0 bridgehead atoms. The minimum absolute atomic E-state index is 0.00195. The van der Waals surface area contributed by atoms with Gasteiger partial charge in [0.2, 0.25) is 5.82 Å². The van der Waals surface area contributed by atoms with Crippen molar-refractivity contribution in [1.29, 1.82) is 5.26 Å². The van der Waals surface area contributed by atoms with Crippen LogP contribution >= 0.6 is 15.9 Å². The second kappa shape index (κ2) is 12.6. The highest BCUT2D eigenvalue weighted by Crippen LogP contribution is 2.23. The van der Waals surface area contributed by atoms with Gasteiger partial charge in [-0.3, -0.25) is 14.8 Å². The molecule has 0 spiro atoms. The van der Waals surface area contributed by atoms with Crippen LogP contribution in [0.3, 0.4) is 0 Å². The minimum Gasteiger partial charge on any atom is -0.379 e. The molecule has 0 radical (unpaired) electrons. The third-order valence-corrected chi connectivity index (χ3v) is 5.76. The second-order valence-electron chi connectivity index (χ2n) is 8.33. The Labute approximate surface area is 207 Å². The monoisotopic (exact) mass is 533 g/mol. The van der Waals surface area contributed by atoms with Crippen LogP contribution in [0.15, 0.2) is 34.9 Å². The van der Waals surface area contributed by atoms with E-state index in [-0.39, 0.29) is 23.6 Å². The smallest absolute Gasteiger partial charge is 0.340 e. The SMILES string of the molecule is CC(C)CN(NC(=O)N(CCCN1CCOCC1)c1ccc(F)cc1)c1nc(C#N)ncc1Br. The number of aromatic nitrogens is 2. The molecule has 2 amide bonds. The summed E-state index contributed by atoms with van der Waals surface area (Å²) in [5.74, 6) is 0.212. The lowest BCUT2D eigenvalue weighted by Gasteiger charge is -2.32. The lowest BCUT2D eigenvalue weighted by molar-refractivity contribution is 0.0377. The highest BCUT2D eigenvalue weighted by atomic mass is 79.9. The molecular weight excluding hydrogens is 505 g/mol. The van der Waals surface area contributed by atoms with E-state index in [4.69, 9.17) is 4.74 Å². The molecule has 2 aromatic rings. The number of hydrazine groups is 1. The number of amides is 2. The summed E-state index contributed by atoms with van der Waals surface area (Å²) in [6.45, 7) is 8.92. The summed E-state index contributed by atoms with van der Waals surface area (Å²) in [6.07, 6.45) is 2.23. The van der Waals surface area contributed by atoms with Crippen molar-refractivity contribution in [3.63, 3.8) is 0 Å². The van der Waals surface area contributed by atoms with Crippen molar-refractivity contribution in [3.8, 4) is 6.07 Å². The van der Waals surface area contributed by atoms with Crippen LogP contribution in [0, 0.1) is 23.1 Å². The molecule has 1 N–H and O–H groups in total. The molecule has 1 aliphatic heterocycles. The fourth-order valence-electron chi connectivity index (χ4n) is 3.57. The number of anilines is 2. The van der Waals surface area contributed by atoms with Crippen LogP contribution in [-0.2, 0) is 4.74 Å². The Balaban J connectivity index is 1.79. The number of carbonyl (C=O) groups excluding carboxylic acids is 1. The number of nitrogens with one attached hydrogen (secondary N) is 1. The van der Waals surface area contributed by atoms with Crippen LogP contribution in [0.2, 0.25) is 0 Å². The number of rotatable bonds is 9. The zero-order chi connectivity index (χ0) is 24.5. The molecule has 9 nitrogen and oxygen atoms in total. The fraction of sp³-hybridized carbons (Fsp3) is 0.478. The van der Waals surface area contributed by atoms with Crippen LogP contribution in [0.5, 0.6) is 0 Å². The molecule has 2 heterocycles. The topological polar surface area (TPSA) is 97.6 Å². The first-order valence-electron chi connectivity index (χ1n) is 11.2. The highest BCUT2D eigenvalue weighted by Gasteiger charge is 2.23. The number of nitriles is 1. The summed E-state index contributed by atoms with van der Waals surface area (Å²) in [5.41, 5.74) is 3.51. The van der Waals surface area contributed by atoms with Crippen LogP contribution in [-0.4, -0.2) is 66.8 Å². The average Bonchev–Trinajstić information content (AvgIpc) is 2.83. The highest BCUT2D eigenvalue weighted by molar-refractivity contribution is 9.10. The summed E-state index contributed by atoms with van der Waals surface area (Å²) in [5, 5.41) is 10.8. The number of nitrogens with zero attached hydrogens (tertiary/aromatic N) is 6. The van der Waals surface area contributed by atoms with Gasteiger partial charge in [-0.05, 0) is 52.5 Å². The van der Waals surface area contributed by atoms with E-state index < -0.39 is 0 Å². The van der Waals surface area contributed by atoms with Gasteiger partial charge in [0.25, 0.3) is 0 Å². The molecule has 182 valence electrons. The maximum absolute atomic E-state index is 13.5. The molecule has 3 rings (SSSR count). The summed E-state index contributed by atoms with van der Waals surface area (Å²) in [7, 11) is 0. The van der Waals surface area contributed by atoms with E-state index in [1.165, 1.54) is 18.3 Å². The van der Waals surface area contributed by atoms with Crippen molar-refractivity contribution in [1.82, 2.24) is 20.3 Å². The number of hydrogen-bond acceptors (Lipinski definition) is 7. The van der Waals surface area contributed by atoms with Crippen LogP contribution in [0.1, 0.15) is 26.1 Å². The summed E-state index contributed by atoms with van der Waals surface area (Å²) in [6, 6.07) is 7.40. The van der Waals surface area contributed by atoms with Crippen molar-refractivity contribution in [2.24, 2.45) is 5.92 Å². The summed E-state index contributed by atoms with van der Waals surface area (Å²) < 4.78 is 19.5. The van der Waals surface area contributed by atoms with Gasteiger partial charge in [-0.1, -0.05) is 13.8 Å². The Morgan fingerprint density at radius 2 is 2.03 bits per heavy atom. The predicted molar refractivity (Wildman–Crippen MR) is 131 cm³/mol. The number of halogens is 2. The van der Waals surface area contributed by atoms with Gasteiger partial charge in [0, 0.05) is 44.6 Å². The molecule has 1 aromatic carbocycles. The number of urea groups is 1. The van der Waals surface area contributed by atoms with Crippen molar-refractivity contribution >= 4 is 33.5 Å². The summed E-state index contributed by atoms with van der Waals surface area (Å²) >= 11 is 3.42. The Hall–Kier alpha value is -2.81. The Bertz CT molecular complexity index is 994. The van der Waals surface area contributed by atoms with Gasteiger partial charge in [0.05, 0.1) is 17.7 Å². The molecule has 0 aliphatic carbocycles. The molecule has 1 aliphatic rings. The van der Waals surface area contributed by atoms with E-state index in [9.17, 15) is 14.4 Å². The first-order valence-corrected chi connectivity index (χ1v) is 12.0. The Morgan fingerprint density at radius 3 is 2.68 bits per heavy atom. The van der Waals surface area contributed by atoms with Crippen molar-refractivity contribution in [2.75, 3.05) is 55.8 Å². The number of hydrogen-bond donors (Lipinski definition) is 1. The molecule has 1 fully saturated rings. The van der Waals surface area contributed by atoms with Gasteiger partial charge in [-0.25, -0.2) is 19.6 Å². The number of morpholine rings is 1. The second-order valence-corrected chi connectivity index (χ2v) is 9.19. The van der Waals surface area contributed by atoms with Gasteiger partial charge < -0.3 is 4.74 Å². The average molecular weight is 534 g/mol. The molecule has 34 heavy (non-hydrogen) atoms. The molecule has 0 saturated carbocycles. The van der Waals surface area contributed by atoms with Gasteiger partial charge in [-0.15, -0.1) is 0 Å². The van der Waals surface area contributed by atoms with E-state index in [0.29, 0.717) is 42.3 Å². The maximum Gasteiger partial charge on any atom is 0.340 e. The first kappa shape index (κ1) is 25.8. The third-order valence-electron chi connectivity index (χ3n) is 5.20. The number of ether oxygens (including phenoxy) is 1. The molecule has 1 aromatic heterocycles. The lowest BCUT2D eigenvalue weighted by Crippen LogP contribution is -2.52. The quantitative estimate of drug-likeness (QED) is 0.492. The van der Waals surface area contributed by atoms with Gasteiger partial charge >= 0.3 is 6.03 Å². The zero-order valence-electron chi connectivity index (χ0n) is 19.4. The molecule has 0 unspecified atom stereocenters. The van der Waals surface area contributed by atoms with E-state index in [2.05, 4.69) is 36.2 Å². The van der Waals surface area contributed by atoms with Gasteiger partial charge in [-0.2, -0.15) is 10.2 Å². The lowest BCUT2D eigenvalue weighted by atomic mass is 10.2. The normalized spacial score (nSPS) is 14.0. The zero-order valence-corrected chi connectivity index (χ0v) is 21.0. The minimum atomic E-state index is -0.377. The van der Waals surface area contributed by atoms with Crippen molar-refractivity contribution in [3.05, 3.63) is 46.6 Å². The van der Waals surface area contributed by atoms with Gasteiger partial charge in [0.1, 0.15) is 11.9 Å². The standard InChI is InChI=1S/C23H29BrFN7O2/c1-17(2)16-32(22-20(24)15-27-21(14-26)28-22)29-23(33)31(19-6-4-18(25)5-7-19)9-3-8-30-10-12-34-13-11-30/h4-7,15,17H,3,8-13,16H2,1-2H3,(H,29,33). The fourth-order valence-corrected chi connectivity index (χ4v) is 3.98. The Morgan fingerprint density at radius 1 is 1.32 bits per heavy atom. The van der Waals surface area contributed by atoms with E-state index in [1.54, 1.807) is 22.0 Å². The van der Waals surface area contributed by atoms with Crippen molar-refractivity contribution < 1.29 is 13.9 Å². The molecule has 1 saturated heterocycles. The summed E-state index contributed by atoms with van der Waals surface area (Å²) in [4.78, 5) is 25.6. The molecular formula is C23H29BrFN7O2. The van der Waals surface area contributed by atoms with Crippen LogP contribution < -0.4 is 15.3 Å². The maximum atomic E-state index is 13.5. The van der Waals surface area contributed by atoms with Crippen LogP contribution in [0.4, 0.5) is 20.7 Å². The molecule has 11 heteroatoms. The van der Waals surface area contributed by atoms with E-state index in [1.807, 2.05) is 19.9 Å². The number of carbonyl (C=O) groups is 1. The number of benzene rings is 1. The van der Waals surface area contributed by atoms with E-state index in [0.717, 1.165) is 26.1 Å². The van der Waals surface area contributed by atoms with Crippen molar-refractivity contribution in [2.45, 2.75) is 20.3 Å². The van der Waals surface area contributed by atoms with Gasteiger partial charge in [0.15, 0.2) is 5.82 Å². The third kappa shape index (κ3) is 7.35. The Kier molecular flexibility index (Phi) is 9.56. The predicted octanol–water partition coefficient (Wildman–Crippen LogP) is 3.57. The van der Waals surface area contributed by atoms with E-state index >= 15 is 0 Å². The largest absolute Gasteiger partial charge is 0.379 e. The first-order chi connectivity index (χ1) is 16.4. The van der Waals surface area contributed by atoms with Crippen LogP contribution in [0.25, 0.3) is 0 Å². The molecule has 0 atom stereocenters.